The first kappa shape index (κ1) is 22.6. The van der Waals surface area contributed by atoms with E-state index in [4.69, 9.17) is 14.5 Å². The number of benzene rings is 1. The number of hydrogen-bond donors (Lipinski definition) is 2. The molecule has 8 nitrogen and oxygen atoms in total. The van der Waals surface area contributed by atoms with Gasteiger partial charge in [0.05, 0.1) is 13.2 Å². The van der Waals surface area contributed by atoms with Gasteiger partial charge >= 0.3 is 0 Å². The third-order valence-corrected chi connectivity index (χ3v) is 4.77. The number of pyridine rings is 1. The molecular formula is C23H32N6O2. The molecule has 0 amide bonds. The Bertz CT molecular complexity index is 985. The summed E-state index contributed by atoms with van der Waals surface area (Å²) in [6.07, 6.45) is 3.76. The van der Waals surface area contributed by atoms with Crippen molar-refractivity contribution in [2.75, 3.05) is 33.4 Å². The number of rotatable bonds is 11. The number of ether oxygens (including phenoxy) is 2. The summed E-state index contributed by atoms with van der Waals surface area (Å²) in [7, 11) is 1.67. The molecule has 0 bridgehead atoms. The first-order valence-electron chi connectivity index (χ1n) is 10.7. The molecule has 0 fully saturated rings. The van der Waals surface area contributed by atoms with Crippen LogP contribution in [-0.2, 0) is 17.7 Å². The van der Waals surface area contributed by atoms with Crippen LogP contribution in [0, 0.1) is 6.92 Å². The normalized spacial score (nSPS) is 11.6. The fourth-order valence-electron chi connectivity index (χ4n) is 3.18. The lowest BCUT2D eigenvalue weighted by atomic mass is 10.1. The summed E-state index contributed by atoms with van der Waals surface area (Å²) in [4.78, 5) is 4.74. The van der Waals surface area contributed by atoms with Crippen LogP contribution in [0.2, 0.25) is 0 Å². The number of nitrogens with zero attached hydrogens (tertiary/aromatic N) is 4. The predicted molar refractivity (Wildman–Crippen MR) is 123 cm³/mol. The van der Waals surface area contributed by atoms with Crippen LogP contribution in [-0.4, -0.2) is 54.0 Å². The molecule has 2 heterocycles. The zero-order valence-electron chi connectivity index (χ0n) is 18.6. The van der Waals surface area contributed by atoms with Gasteiger partial charge in [-0.25, -0.2) is 4.99 Å². The molecule has 1 aromatic carbocycles. The molecular weight excluding hydrogens is 392 g/mol. The minimum absolute atomic E-state index is 0.520. The summed E-state index contributed by atoms with van der Waals surface area (Å²) in [5.74, 6) is 2.61. The fraction of sp³-hybridized carbons (Fsp3) is 0.435. The van der Waals surface area contributed by atoms with Crippen molar-refractivity contribution >= 4 is 11.6 Å². The summed E-state index contributed by atoms with van der Waals surface area (Å²) in [6, 6.07) is 12.1. The summed E-state index contributed by atoms with van der Waals surface area (Å²) >= 11 is 0. The lowest BCUT2D eigenvalue weighted by molar-refractivity contribution is 0.145. The molecule has 0 saturated heterocycles. The van der Waals surface area contributed by atoms with Gasteiger partial charge in [-0.1, -0.05) is 18.2 Å². The first-order chi connectivity index (χ1) is 15.2. The second-order valence-electron chi connectivity index (χ2n) is 7.22. The molecule has 0 aliphatic heterocycles. The Kier molecular flexibility index (Phi) is 8.66. The van der Waals surface area contributed by atoms with E-state index >= 15 is 0 Å². The Morgan fingerprint density at radius 3 is 2.87 bits per heavy atom. The van der Waals surface area contributed by atoms with Gasteiger partial charge in [-0.05, 0) is 44.0 Å². The number of hydrogen-bond acceptors (Lipinski definition) is 5. The van der Waals surface area contributed by atoms with Gasteiger partial charge in [0.15, 0.2) is 11.6 Å². The molecule has 0 unspecified atom stereocenters. The maximum Gasteiger partial charge on any atom is 0.191 e. The van der Waals surface area contributed by atoms with Gasteiger partial charge in [-0.2, -0.15) is 0 Å². The SMILES string of the molecule is CCNC(=NCc1ccc(C)cc1OCCOC)NCCCc1nnc2ccccn12. The van der Waals surface area contributed by atoms with Crippen LogP contribution in [0.4, 0.5) is 0 Å². The number of aromatic nitrogens is 3. The lowest BCUT2D eigenvalue weighted by Crippen LogP contribution is -2.37. The third-order valence-electron chi connectivity index (χ3n) is 4.77. The van der Waals surface area contributed by atoms with Crippen molar-refractivity contribution in [3.05, 3.63) is 59.5 Å². The summed E-state index contributed by atoms with van der Waals surface area (Å²) in [5, 5.41) is 15.2. The van der Waals surface area contributed by atoms with Crippen LogP contribution in [0.25, 0.3) is 5.65 Å². The molecule has 3 aromatic rings. The highest BCUT2D eigenvalue weighted by Crippen LogP contribution is 2.21. The highest BCUT2D eigenvalue weighted by atomic mass is 16.5. The van der Waals surface area contributed by atoms with E-state index < -0.39 is 0 Å². The Morgan fingerprint density at radius 1 is 1.13 bits per heavy atom. The van der Waals surface area contributed by atoms with Gasteiger partial charge in [-0.15, -0.1) is 10.2 Å². The molecule has 166 valence electrons. The van der Waals surface area contributed by atoms with Crippen LogP contribution in [0.1, 0.15) is 30.3 Å². The van der Waals surface area contributed by atoms with Gasteiger partial charge in [0.25, 0.3) is 0 Å². The number of methoxy groups -OCH3 is 1. The highest BCUT2D eigenvalue weighted by molar-refractivity contribution is 5.79. The predicted octanol–water partition coefficient (Wildman–Crippen LogP) is 2.75. The molecule has 2 aromatic heterocycles. The number of aliphatic imine (C=N–C) groups is 1. The molecule has 0 spiro atoms. The van der Waals surface area contributed by atoms with Crippen molar-refractivity contribution < 1.29 is 9.47 Å². The number of aryl methyl sites for hydroxylation is 2. The summed E-state index contributed by atoms with van der Waals surface area (Å²) < 4.78 is 13.0. The smallest absolute Gasteiger partial charge is 0.191 e. The zero-order valence-corrected chi connectivity index (χ0v) is 18.6. The van der Waals surface area contributed by atoms with Crippen LogP contribution < -0.4 is 15.4 Å². The van der Waals surface area contributed by atoms with Gasteiger partial charge in [0, 0.05) is 38.4 Å². The minimum atomic E-state index is 0.520. The van der Waals surface area contributed by atoms with Crippen LogP contribution >= 0.6 is 0 Å². The molecule has 3 rings (SSSR count). The number of guanidine groups is 1. The van der Waals surface area contributed by atoms with Gasteiger partial charge < -0.3 is 20.1 Å². The first-order valence-corrected chi connectivity index (χ1v) is 10.7. The van der Waals surface area contributed by atoms with E-state index in [9.17, 15) is 0 Å². The van der Waals surface area contributed by atoms with Gasteiger partial charge in [0.2, 0.25) is 0 Å². The molecule has 0 aliphatic carbocycles. The van der Waals surface area contributed by atoms with E-state index in [1.54, 1.807) is 7.11 Å². The van der Waals surface area contributed by atoms with Crippen molar-refractivity contribution in [2.24, 2.45) is 4.99 Å². The average molecular weight is 425 g/mol. The fourth-order valence-corrected chi connectivity index (χ4v) is 3.18. The minimum Gasteiger partial charge on any atom is -0.491 e. The van der Waals surface area contributed by atoms with E-state index in [-0.39, 0.29) is 0 Å². The lowest BCUT2D eigenvalue weighted by Gasteiger charge is -2.13. The monoisotopic (exact) mass is 424 g/mol. The average Bonchev–Trinajstić information content (AvgIpc) is 3.19. The third kappa shape index (κ3) is 6.68. The van der Waals surface area contributed by atoms with E-state index in [0.717, 1.165) is 60.2 Å². The Morgan fingerprint density at radius 2 is 2.03 bits per heavy atom. The van der Waals surface area contributed by atoms with E-state index in [0.29, 0.717) is 19.8 Å². The largest absolute Gasteiger partial charge is 0.491 e. The summed E-state index contributed by atoms with van der Waals surface area (Å²) in [5.41, 5.74) is 3.09. The molecule has 2 N–H and O–H groups in total. The molecule has 0 aliphatic rings. The standard InChI is InChI=1S/C23H32N6O2/c1-4-24-23(25-12-7-9-22-28-27-21-8-5-6-13-29(21)22)26-17-19-11-10-18(2)16-20(19)31-15-14-30-3/h5-6,8,10-11,13,16H,4,7,9,12,14-15,17H2,1-3H3,(H2,24,25,26). The van der Waals surface area contributed by atoms with Crippen molar-refractivity contribution in [3.8, 4) is 5.75 Å². The maximum atomic E-state index is 5.88. The molecule has 8 heteroatoms. The quantitative estimate of drug-likeness (QED) is 0.280. The molecule has 0 atom stereocenters. The van der Waals surface area contributed by atoms with Crippen LogP contribution in [0.5, 0.6) is 5.75 Å². The van der Waals surface area contributed by atoms with E-state index in [2.05, 4.69) is 46.8 Å². The van der Waals surface area contributed by atoms with Crippen molar-refractivity contribution in [1.29, 1.82) is 0 Å². The van der Waals surface area contributed by atoms with Gasteiger partial charge in [0.1, 0.15) is 18.2 Å². The molecule has 0 saturated carbocycles. The van der Waals surface area contributed by atoms with Crippen molar-refractivity contribution in [3.63, 3.8) is 0 Å². The number of fused-ring (bicyclic) bond motifs is 1. The second kappa shape index (κ2) is 11.9. The highest BCUT2D eigenvalue weighted by Gasteiger charge is 2.07. The Labute approximate surface area is 183 Å². The number of nitrogens with one attached hydrogen (secondary N) is 2. The molecule has 31 heavy (non-hydrogen) atoms. The van der Waals surface area contributed by atoms with Gasteiger partial charge in [-0.3, -0.25) is 4.40 Å². The Hall–Kier alpha value is -3.13. The second-order valence-corrected chi connectivity index (χ2v) is 7.22. The maximum absolute atomic E-state index is 5.88. The topological polar surface area (TPSA) is 85.1 Å². The van der Waals surface area contributed by atoms with E-state index in [1.165, 1.54) is 0 Å². The van der Waals surface area contributed by atoms with E-state index in [1.807, 2.05) is 34.9 Å². The van der Waals surface area contributed by atoms with Crippen LogP contribution in [0.3, 0.4) is 0 Å². The summed E-state index contributed by atoms with van der Waals surface area (Å²) in [6.45, 7) is 7.32. The Balaban J connectivity index is 1.55. The zero-order chi connectivity index (χ0) is 21.9. The van der Waals surface area contributed by atoms with Crippen molar-refractivity contribution in [1.82, 2.24) is 25.2 Å². The van der Waals surface area contributed by atoms with Crippen molar-refractivity contribution in [2.45, 2.75) is 33.2 Å². The van der Waals surface area contributed by atoms with Crippen LogP contribution in [0.15, 0.2) is 47.6 Å². The molecule has 0 radical (unpaired) electrons.